The fraction of sp³-hybridized carbons (Fsp3) is 0.625. The predicted octanol–water partition coefficient (Wildman–Crippen LogP) is 2.76. The van der Waals surface area contributed by atoms with Crippen LogP contribution in [0.3, 0.4) is 0 Å². The molecule has 2 aliphatic rings. The van der Waals surface area contributed by atoms with E-state index >= 15 is 0 Å². The zero-order chi connectivity index (χ0) is 13.9. The lowest BCUT2D eigenvalue weighted by Crippen LogP contribution is -2.30. The second kappa shape index (κ2) is 5.81. The zero-order valence-electron chi connectivity index (χ0n) is 12.2. The number of piperidine rings is 1. The van der Waals surface area contributed by atoms with Gasteiger partial charge in [0.05, 0.1) is 6.04 Å². The fourth-order valence-corrected chi connectivity index (χ4v) is 3.39. The van der Waals surface area contributed by atoms with Crippen LogP contribution in [0.1, 0.15) is 50.6 Å². The molecule has 0 N–H and O–H groups in total. The lowest BCUT2D eigenvalue weighted by molar-refractivity contribution is -0.129. The summed E-state index contributed by atoms with van der Waals surface area (Å²) in [6.45, 7) is 4.78. The summed E-state index contributed by atoms with van der Waals surface area (Å²) in [6, 6.07) is 4.51. The van der Waals surface area contributed by atoms with Gasteiger partial charge in [0.15, 0.2) is 0 Å². The van der Waals surface area contributed by atoms with E-state index in [0.717, 1.165) is 38.3 Å². The zero-order valence-corrected chi connectivity index (χ0v) is 12.2. The second-order valence-corrected chi connectivity index (χ2v) is 5.87. The van der Waals surface area contributed by atoms with Crippen molar-refractivity contribution in [2.45, 2.75) is 45.1 Å². The lowest BCUT2D eigenvalue weighted by atomic mass is 10.1. The molecule has 3 heterocycles. The fourth-order valence-electron chi connectivity index (χ4n) is 3.39. The maximum Gasteiger partial charge on any atom is 0.219 e. The van der Waals surface area contributed by atoms with E-state index in [1.54, 1.807) is 6.92 Å². The molecule has 0 aromatic carbocycles. The Morgan fingerprint density at radius 3 is 2.60 bits per heavy atom. The summed E-state index contributed by atoms with van der Waals surface area (Å²) in [5, 5.41) is 0. The van der Waals surface area contributed by atoms with Gasteiger partial charge in [0, 0.05) is 32.8 Å². The Bertz CT molecular complexity index is 465. The Balaban J connectivity index is 1.73. The second-order valence-electron chi connectivity index (χ2n) is 5.87. The molecule has 2 aliphatic heterocycles. The number of hydrogen-bond acceptors (Lipinski definition) is 3. The summed E-state index contributed by atoms with van der Waals surface area (Å²) in [5.41, 5.74) is 1.18. The van der Waals surface area contributed by atoms with Crippen LogP contribution in [-0.4, -0.2) is 35.4 Å². The number of carbonyl (C=O) groups excluding carboxylic acids is 1. The highest BCUT2D eigenvalue weighted by Gasteiger charge is 2.28. The molecule has 0 saturated carbocycles. The normalized spacial score (nSPS) is 23.1. The van der Waals surface area contributed by atoms with E-state index in [9.17, 15) is 4.79 Å². The van der Waals surface area contributed by atoms with Gasteiger partial charge < -0.3 is 9.80 Å². The molecule has 1 aromatic heterocycles. The van der Waals surface area contributed by atoms with Crippen molar-refractivity contribution in [2.75, 3.05) is 24.5 Å². The average Bonchev–Trinajstić information content (AvgIpc) is 2.98. The van der Waals surface area contributed by atoms with Crippen LogP contribution in [0.25, 0.3) is 0 Å². The third kappa shape index (κ3) is 2.65. The van der Waals surface area contributed by atoms with Gasteiger partial charge in [-0.05, 0) is 43.7 Å². The third-order valence-electron chi connectivity index (χ3n) is 4.49. The SMILES string of the molecule is CC(=O)N1CCC[C@@H]1c1ccc(N2CCCCC2)nc1. The standard InChI is InChI=1S/C16H23N3O/c1-13(20)19-11-5-6-15(19)14-7-8-16(17-12-14)18-9-3-2-4-10-18/h7-8,12,15H,2-6,9-11H2,1H3/t15-/m1/s1. The van der Waals surface area contributed by atoms with Crippen LogP contribution in [0.15, 0.2) is 18.3 Å². The van der Waals surface area contributed by atoms with E-state index in [-0.39, 0.29) is 11.9 Å². The van der Waals surface area contributed by atoms with E-state index in [0.29, 0.717) is 0 Å². The third-order valence-corrected chi connectivity index (χ3v) is 4.49. The maximum atomic E-state index is 11.6. The Morgan fingerprint density at radius 2 is 1.95 bits per heavy atom. The molecular weight excluding hydrogens is 250 g/mol. The summed E-state index contributed by atoms with van der Waals surface area (Å²) in [5.74, 6) is 1.26. The molecule has 0 spiro atoms. The van der Waals surface area contributed by atoms with Crippen molar-refractivity contribution in [2.24, 2.45) is 0 Å². The molecule has 108 valence electrons. The number of rotatable bonds is 2. The van der Waals surface area contributed by atoms with Crippen LogP contribution in [0.4, 0.5) is 5.82 Å². The first-order valence-electron chi connectivity index (χ1n) is 7.74. The molecule has 4 nitrogen and oxygen atoms in total. The number of nitrogens with zero attached hydrogens (tertiary/aromatic N) is 3. The number of anilines is 1. The molecule has 20 heavy (non-hydrogen) atoms. The highest BCUT2D eigenvalue weighted by Crippen LogP contribution is 2.32. The molecule has 3 rings (SSSR count). The van der Waals surface area contributed by atoms with Gasteiger partial charge in [0.2, 0.25) is 5.91 Å². The minimum atomic E-state index is 0.174. The van der Waals surface area contributed by atoms with Crippen molar-refractivity contribution >= 4 is 11.7 Å². The Hall–Kier alpha value is -1.58. The molecule has 2 saturated heterocycles. The van der Waals surface area contributed by atoms with Crippen LogP contribution in [0.2, 0.25) is 0 Å². The van der Waals surface area contributed by atoms with Crippen LogP contribution < -0.4 is 4.90 Å². The summed E-state index contributed by atoms with van der Waals surface area (Å²) in [7, 11) is 0. The Labute approximate surface area is 120 Å². The van der Waals surface area contributed by atoms with Gasteiger partial charge in [-0.1, -0.05) is 6.07 Å². The molecule has 1 atom stereocenters. The van der Waals surface area contributed by atoms with E-state index in [4.69, 9.17) is 0 Å². The molecule has 0 aliphatic carbocycles. The molecule has 1 amide bonds. The first-order chi connectivity index (χ1) is 9.75. The minimum Gasteiger partial charge on any atom is -0.357 e. The van der Waals surface area contributed by atoms with Gasteiger partial charge in [0.1, 0.15) is 5.82 Å². The molecule has 4 heteroatoms. The summed E-state index contributed by atoms with van der Waals surface area (Å²) in [4.78, 5) is 20.6. The quantitative estimate of drug-likeness (QED) is 0.831. The molecule has 0 bridgehead atoms. The molecule has 0 radical (unpaired) electrons. The minimum absolute atomic E-state index is 0.174. The number of hydrogen-bond donors (Lipinski definition) is 0. The molecule has 1 aromatic rings. The predicted molar refractivity (Wildman–Crippen MR) is 79.7 cm³/mol. The Morgan fingerprint density at radius 1 is 1.15 bits per heavy atom. The Kier molecular flexibility index (Phi) is 3.90. The van der Waals surface area contributed by atoms with Gasteiger partial charge in [-0.2, -0.15) is 0 Å². The summed E-state index contributed by atoms with van der Waals surface area (Å²) in [6.07, 6.45) is 8.00. The summed E-state index contributed by atoms with van der Waals surface area (Å²) >= 11 is 0. The van der Waals surface area contributed by atoms with Crippen LogP contribution >= 0.6 is 0 Å². The van der Waals surface area contributed by atoms with E-state index in [2.05, 4.69) is 22.0 Å². The molecular formula is C16H23N3O. The highest BCUT2D eigenvalue weighted by atomic mass is 16.2. The first kappa shape index (κ1) is 13.4. The topological polar surface area (TPSA) is 36.4 Å². The maximum absolute atomic E-state index is 11.6. The number of pyridine rings is 1. The number of amides is 1. The van der Waals surface area contributed by atoms with Crippen molar-refractivity contribution in [1.82, 2.24) is 9.88 Å². The van der Waals surface area contributed by atoms with Crippen molar-refractivity contribution in [3.05, 3.63) is 23.9 Å². The van der Waals surface area contributed by atoms with Gasteiger partial charge in [-0.25, -0.2) is 4.98 Å². The first-order valence-corrected chi connectivity index (χ1v) is 7.74. The van der Waals surface area contributed by atoms with Crippen LogP contribution in [-0.2, 0) is 4.79 Å². The largest absolute Gasteiger partial charge is 0.357 e. The van der Waals surface area contributed by atoms with Gasteiger partial charge in [-0.3, -0.25) is 4.79 Å². The lowest BCUT2D eigenvalue weighted by Gasteiger charge is -2.28. The van der Waals surface area contributed by atoms with Crippen LogP contribution in [0, 0.1) is 0 Å². The monoisotopic (exact) mass is 273 g/mol. The van der Waals surface area contributed by atoms with Gasteiger partial charge >= 0.3 is 0 Å². The molecule has 0 unspecified atom stereocenters. The number of carbonyl (C=O) groups is 1. The van der Waals surface area contributed by atoms with Crippen molar-refractivity contribution in [1.29, 1.82) is 0 Å². The van der Waals surface area contributed by atoms with Crippen molar-refractivity contribution in [3.8, 4) is 0 Å². The van der Waals surface area contributed by atoms with E-state index < -0.39 is 0 Å². The van der Waals surface area contributed by atoms with Gasteiger partial charge in [-0.15, -0.1) is 0 Å². The van der Waals surface area contributed by atoms with Crippen molar-refractivity contribution < 1.29 is 4.79 Å². The smallest absolute Gasteiger partial charge is 0.219 e. The van der Waals surface area contributed by atoms with Crippen LogP contribution in [0.5, 0.6) is 0 Å². The number of likely N-dealkylation sites (tertiary alicyclic amines) is 1. The van der Waals surface area contributed by atoms with E-state index in [1.165, 1.54) is 24.8 Å². The summed E-state index contributed by atoms with van der Waals surface area (Å²) < 4.78 is 0. The highest BCUT2D eigenvalue weighted by molar-refractivity contribution is 5.74. The number of aromatic nitrogens is 1. The van der Waals surface area contributed by atoms with Gasteiger partial charge in [0.25, 0.3) is 0 Å². The average molecular weight is 273 g/mol. The van der Waals surface area contributed by atoms with E-state index in [1.807, 2.05) is 11.1 Å². The molecule has 2 fully saturated rings. The van der Waals surface area contributed by atoms with Crippen molar-refractivity contribution in [3.63, 3.8) is 0 Å².